The fraction of sp³-hybridized carbons (Fsp3) is 0.389. The lowest BCUT2D eigenvalue weighted by atomic mass is 10.1. The number of methoxy groups -OCH3 is 1. The number of hydrogen-bond donors (Lipinski definition) is 1. The maximum absolute atomic E-state index is 11.6. The summed E-state index contributed by atoms with van der Waals surface area (Å²) in [6.45, 7) is 7.80. The van der Waals surface area contributed by atoms with Crippen molar-refractivity contribution in [2.24, 2.45) is 0 Å². The molecule has 8 heteroatoms. The molecule has 0 saturated heterocycles. The first-order valence-electron chi connectivity index (χ1n) is 8.40. The normalized spacial score (nSPS) is 11.5. The topological polar surface area (TPSA) is 88.7 Å². The summed E-state index contributed by atoms with van der Waals surface area (Å²) < 4.78 is 10.8. The summed E-state index contributed by atoms with van der Waals surface area (Å²) in [7, 11) is 1.57. The van der Waals surface area contributed by atoms with Gasteiger partial charge in [0.15, 0.2) is 0 Å². The zero-order valence-electron chi connectivity index (χ0n) is 15.4. The number of carbonyl (C=O) groups is 1. The van der Waals surface area contributed by atoms with Crippen molar-refractivity contribution in [2.75, 3.05) is 25.1 Å². The molecule has 0 aliphatic carbocycles. The summed E-state index contributed by atoms with van der Waals surface area (Å²) in [4.78, 5) is 13.9. The molecule has 1 heterocycles. The average Bonchev–Trinajstić information content (AvgIpc) is 3.10. The summed E-state index contributed by atoms with van der Waals surface area (Å²) in [5.41, 5.74) is 1.70. The number of rotatable bonds is 9. The van der Waals surface area contributed by atoms with Gasteiger partial charge in [-0.15, -0.1) is 10.2 Å². The Bertz CT molecular complexity index is 784. The van der Waals surface area contributed by atoms with Gasteiger partial charge in [0.2, 0.25) is 5.89 Å². The maximum Gasteiger partial charge on any atom is 0.342 e. The lowest BCUT2D eigenvalue weighted by Crippen LogP contribution is -2.21. The second kappa shape index (κ2) is 9.28. The quantitative estimate of drug-likeness (QED) is 0.523. The fourth-order valence-corrected chi connectivity index (χ4v) is 3.08. The van der Waals surface area contributed by atoms with E-state index in [-0.39, 0.29) is 10.1 Å². The standard InChI is InChI=1S/C18H23N3O4S/c1-5-16-19-20-18(25-16)26-15(17(22)23)10-12-8-9-13(11-14(12)24-4)21(6-2)7-3/h8-11H,5-7H2,1-4H3,(H,22,23)/b15-10-. The van der Waals surface area contributed by atoms with Gasteiger partial charge in [0.1, 0.15) is 10.7 Å². The second-order valence-electron chi connectivity index (χ2n) is 5.33. The minimum Gasteiger partial charge on any atom is -0.496 e. The number of benzene rings is 1. The van der Waals surface area contributed by atoms with Crippen molar-refractivity contribution in [2.45, 2.75) is 32.4 Å². The largest absolute Gasteiger partial charge is 0.496 e. The van der Waals surface area contributed by atoms with Crippen molar-refractivity contribution in [1.82, 2.24) is 10.2 Å². The van der Waals surface area contributed by atoms with Crippen LogP contribution >= 0.6 is 11.8 Å². The van der Waals surface area contributed by atoms with E-state index in [1.807, 2.05) is 25.1 Å². The van der Waals surface area contributed by atoms with Crippen LogP contribution in [0.2, 0.25) is 0 Å². The van der Waals surface area contributed by atoms with Gasteiger partial charge in [-0.1, -0.05) is 6.92 Å². The Morgan fingerprint density at radius 3 is 2.58 bits per heavy atom. The summed E-state index contributed by atoms with van der Waals surface area (Å²) in [5.74, 6) is 0.00745. The molecular weight excluding hydrogens is 354 g/mol. The van der Waals surface area contributed by atoms with Gasteiger partial charge in [-0.2, -0.15) is 0 Å². The lowest BCUT2D eigenvalue weighted by molar-refractivity contribution is -0.131. The first-order valence-corrected chi connectivity index (χ1v) is 9.22. The molecule has 1 aromatic carbocycles. The minimum atomic E-state index is -1.07. The minimum absolute atomic E-state index is 0.0743. The van der Waals surface area contributed by atoms with Gasteiger partial charge in [0.05, 0.1) is 7.11 Å². The van der Waals surface area contributed by atoms with E-state index >= 15 is 0 Å². The molecule has 0 saturated carbocycles. The lowest BCUT2D eigenvalue weighted by Gasteiger charge is -2.22. The number of nitrogens with zero attached hydrogens (tertiary/aromatic N) is 3. The van der Waals surface area contributed by atoms with E-state index in [1.165, 1.54) is 0 Å². The van der Waals surface area contributed by atoms with Crippen molar-refractivity contribution in [1.29, 1.82) is 0 Å². The van der Waals surface area contributed by atoms with E-state index in [9.17, 15) is 9.90 Å². The maximum atomic E-state index is 11.6. The van der Waals surface area contributed by atoms with Crippen LogP contribution < -0.4 is 9.64 Å². The fourth-order valence-electron chi connectivity index (χ4n) is 2.40. The number of ether oxygens (including phenoxy) is 1. The van der Waals surface area contributed by atoms with Gasteiger partial charge < -0.3 is 19.2 Å². The Labute approximate surface area is 157 Å². The summed E-state index contributed by atoms with van der Waals surface area (Å²) in [6, 6.07) is 5.71. The van der Waals surface area contributed by atoms with Crippen LogP contribution in [-0.4, -0.2) is 41.5 Å². The van der Waals surface area contributed by atoms with Gasteiger partial charge in [-0.05, 0) is 43.8 Å². The number of anilines is 1. The second-order valence-corrected chi connectivity index (χ2v) is 6.32. The number of aromatic nitrogens is 2. The third kappa shape index (κ3) is 4.78. The van der Waals surface area contributed by atoms with E-state index in [4.69, 9.17) is 9.15 Å². The molecule has 0 bridgehead atoms. The Kier molecular flexibility index (Phi) is 7.08. The monoisotopic (exact) mass is 377 g/mol. The molecular formula is C18H23N3O4S. The van der Waals surface area contributed by atoms with Crippen molar-refractivity contribution in [3.8, 4) is 5.75 Å². The van der Waals surface area contributed by atoms with Gasteiger partial charge in [0.25, 0.3) is 5.22 Å². The highest BCUT2D eigenvalue weighted by Gasteiger charge is 2.16. The number of hydrogen-bond acceptors (Lipinski definition) is 7. The SMILES string of the molecule is CCc1nnc(S/C(=C\c2ccc(N(CC)CC)cc2OC)C(=O)O)o1. The molecule has 26 heavy (non-hydrogen) atoms. The summed E-state index contributed by atoms with van der Waals surface area (Å²) >= 11 is 0.922. The molecule has 2 aromatic rings. The van der Waals surface area contributed by atoms with Gasteiger partial charge in [-0.3, -0.25) is 0 Å². The van der Waals surface area contributed by atoms with Gasteiger partial charge in [0, 0.05) is 36.8 Å². The van der Waals surface area contributed by atoms with Crippen molar-refractivity contribution in [3.63, 3.8) is 0 Å². The molecule has 0 unspecified atom stereocenters. The molecule has 0 amide bonds. The number of aryl methyl sites for hydroxylation is 1. The molecule has 1 N–H and O–H groups in total. The number of carboxylic acid groups (broad SMARTS) is 1. The van der Waals surface area contributed by atoms with Crippen molar-refractivity contribution < 1.29 is 19.1 Å². The first-order chi connectivity index (χ1) is 12.5. The van der Waals surface area contributed by atoms with Crippen LogP contribution in [-0.2, 0) is 11.2 Å². The molecule has 2 rings (SSSR count). The predicted octanol–water partition coefficient (Wildman–Crippen LogP) is 3.70. The summed E-state index contributed by atoms with van der Waals surface area (Å²) in [6.07, 6.45) is 2.15. The number of thioether (sulfide) groups is 1. The Morgan fingerprint density at radius 1 is 1.31 bits per heavy atom. The average molecular weight is 377 g/mol. The van der Waals surface area contributed by atoms with Crippen LogP contribution in [0.3, 0.4) is 0 Å². The zero-order valence-corrected chi connectivity index (χ0v) is 16.2. The van der Waals surface area contributed by atoms with Crippen LogP contribution in [0.1, 0.15) is 32.2 Å². The number of carboxylic acids is 1. The van der Waals surface area contributed by atoms with Crippen molar-refractivity contribution >= 4 is 29.5 Å². The molecule has 0 radical (unpaired) electrons. The summed E-state index contributed by atoms with van der Waals surface area (Å²) in [5, 5.41) is 17.4. The smallest absolute Gasteiger partial charge is 0.342 e. The Hall–Kier alpha value is -2.48. The van der Waals surface area contributed by atoms with Crippen LogP contribution in [0.25, 0.3) is 6.08 Å². The van der Waals surface area contributed by atoms with Crippen LogP contribution in [0.15, 0.2) is 32.7 Å². The van der Waals surface area contributed by atoms with Crippen LogP contribution in [0.4, 0.5) is 5.69 Å². The number of aliphatic carboxylic acids is 1. The third-order valence-electron chi connectivity index (χ3n) is 3.79. The molecule has 0 aliphatic rings. The molecule has 0 spiro atoms. The molecule has 0 fully saturated rings. The highest BCUT2D eigenvalue weighted by molar-refractivity contribution is 8.03. The highest BCUT2D eigenvalue weighted by Crippen LogP contribution is 2.32. The zero-order chi connectivity index (χ0) is 19.1. The van der Waals surface area contributed by atoms with E-state index in [0.29, 0.717) is 23.6 Å². The van der Waals surface area contributed by atoms with E-state index in [2.05, 4.69) is 28.9 Å². The van der Waals surface area contributed by atoms with Crippen LogP contribution in [0, 0.1) is 0 Å². The van der Waals surface area contributed by atoms with E-state index in [1.54, 1.807) is 13.2 Å². The third-order valence-corrected chi connectivity index (χ3v) is 4.64. The van der Waals surface area contributed by atoms with E-state index in [0.717, 1.165) is 30.5 Å². The first kappa shape index (κ1) is 19.8. The Morgan fingerprint density at radius 2 is 2.04 bits per heavy atom. The molecule has 0 atom stereocenters. The molecule has 1 aromatic heterocycles. The van der Waals surface area contributed by atoms with Crippen LogP contribution in [0.5, 0.6) is 5.75 Å². The molecule has 0 aliphatic heterocycles. The van der Waals surface area contributed by atoms with Gasteiger partial charge in [-0.25, -0.2) is 4.79 Å². The molecule has 140 valence electrons. The molecule has 7 nitrogen and oxygen atoms in total. The van der Waals surface area contributed by atoms with E-state index < -0.39 is 5.97 Å². The van der Waals surface area contributed by atoms with Gasteiger partial charge >= 0.3 is 5.97 Å². The highest BCUT2D eigenvalue weighted by atomic mass is 32.2. The predicted molar refractivity (Wildman–Crippen MR) is 102 cm³/mol. The van der Waals surface area contributed by atoms with Crippen molar-refractivity contribution in [3.05, 3.63) is 34.6 Å². The Balaban J connectivity index is 2.34.